The van der Waals surface area contributed by atoms with Gasteiger partial charge in [0.05, 0.1) is 0 Å². The van der Waals surface area contributed by atoms with Gasteiger partial charge in [0, 0.05) is 25.3 Å². The fraction of sp³-hybridized carbons (Fsp3) is 1.00. The molecule has 0 saturated carbocycles. The molecule has 2 fully saturated rings. The summed E-state index contributed by atoms with van der Waals surface area (Å²) in [6.07, 6.45) is 8.30. The minimum atomic E-state index is 0.237. The summed E-state index contributed by atoms with van der Waals surface area (Å²) in [5, 5.41) is 26.4. The zero-order valence-electron chi connectivity index (χ0n) is 12.0. The fourth-order valence-corrected chi connectivity index (χ4v) is 3.68. The van der Waals surface area contributed by atoms with Crippen LogP contribution in [0.4, 0.5) is 0 Å². The predicted molar refractivity (Wildman–Crippen MR) is 77.1 cm³/mol. The SMILES string of the molecule is OC[C@H](C[C@@H](CO)[C@H]1CCCCN1)[C@@H]1CCCCN1. The van der Waals surface area contributed by atoms with Crippen molar-refractivity contribution in [3.63, 3.8) is 0 Å². The second-order valence-electron chi connectivity index (χ2n) is 6.23. The molecule has 4 heteroatoms. The van der Waals surface area contributed by atoms with Gasteiger partial charge in [-0.15, -0.1) is 0 Å². The van der Waals surface area contributed by atoms with Gasteiger partial charge in [-0.3, -0.25) is 0 Å². The van der Waals surface area contributed by atoms with E-state index in [0.717, 1.165) is 19.5 Å². The van der Waals surface area contributed by atoms with Crippen LogP contribution in [0, 0.1) is 11.8 Å². The summed E-state index contributed by atoms with van der Waals surface area (Å²) >= 11 is 0. The van der Waals surface area contributed by atoms with E-state index < -0.39 is 0 Å². The Labute approximate surface area is 117 Å². The minimum Gasteiger partial charge on any atom is -0.396 e. The Bertz CT molecular complexity index is 214. The molecule has 4 atom stereocenters. The van der Waals surface area contributed by atoms with E-state index in [1.54, 1.807) is 0 Å². The van der Waals surface area contributed by atoms with Crippen molar-refractivity contribution in [2.75, 3.05) is 26.3 Å². The molecule has 0 spiro atoms. The highest BCUT2D eigenvalue weighted by Gasteiger charge is 2.29. The number of aliphatic hydroxyl groups is 2. The molecule has 0 aliphatic carbocycles. The Morgan fingerprint density at radius 3 is 1.58 bits per heavy atom. The third-order valence-electron chi connectivity index (χ3n) is 4.91. The van der Waals surface area contributed by atoms with Crippen molar-refractivity contribution in [1.82, 2.24) is 10.6 Å². The van der Waals surface area contributed by atoms with Crippen LogP contribution in [0.3, 0.4) is 0 Å². The monoisotopic (exact) mass is 270 g/mol. The van der Waals surface area contributed by atoms with Gasteiger partial charge in [0.15, 0.2) is 0 Å². The summed E-state index contributed by atoms with van der Waals surface area (Å²) in [5.74, 6) is 0.586. The predicted octanol–water partition coefficient (Wildman–Crippen LogP) is 0.878. The van der Waals surface area contributed by atoms with E-state index in [4.69, 9.17) is 0 Å². The smallest absolute Gasteiger partial charge is 0.0474 e. The zero-order valence-corrected chi connectivity index (χ0v) is 12.0. The van der Waals surface area contributed by atoms with E-state index in [2.05, 4.69) is 10.6 Å². The van der Waals surface area contributed by atoms with Gasteiger partial charge in [-0.1, -0.05) is 12.8 Å². The topological polar surface area (TPSA) is 64.5 Å². The Morgan fingerprint density at radius 1 is 0.789 bits per heavy atom. The van der Waals surface area contributed by atoms with Crippen molar-refractivity contribution < 1.29 is 10.2 Å². The lowest BCUT2D eigenvalue weighted by Gasteiger charge is -2.36. The molecule has 112 valence electrons. The highest BCUT2D eigenvalue weighted by molar-refractivity contribution is 4.86. The van der Waals surface area contributed by atoms with Crippen LogP contribution in [-0.4, -0.2) is 48.6 Å². The van der Waals surface area contributed by atoms with Gasteiger partial charge < -0.3 is 20.8 Å². The Morgan fingerprint density at radius 2 is 1.26 bits per heavy atom. The van der Waals surface area contributed by atoms with Crippen LogP contribution < -0.4 is 10.6 Å². The summed E-state index contributed by atoms with van der Waals surface area (Å²) in [4.78, 5) is 0. The maximum Gasteiger partial charge on any atom is 0.0474 e. The molecule has 0 bridgehead atoms. The molecule has 0 aromatic carbocycles. The number of aliphatic hydroxyl groups excluding tert-OH is 2. The summed E-state index contributed by atoms with van der Waals surface area (Å²) in [7, 11) is 0. The molecule has 2 aliphatic heterocycles. The molecular formula is C15H30N2O2. The van der Waals surface area contributed by atoms with E-state index in [0.29, 0.717) is 23.9 Å². The molecule has 4 nitrogen and oxygen atoms in total. The van der Waals surface area contributed by atoms with Crippen LogP contribution in [0.1, 0.15) is 44.9 Å². The Hall–Kier alpha value is -0.160. The Kier molecular flexibility index (Phi) is 6.57. The van der Waals surface area contributed by atoms with Crippen molar-refractivity contribution in [1.29, 1.82) is 0 Å². The van der Waals surface area contributed by atoms with Crippen LogP contribution in [0.25, 0.3) is 0 Å². The van der Waals surface area contributed by atoms with Gasteiger partial charge in [0.25, 0.3) is 0 Å². The van der Waals surface area contributed by atoms with E-state index in [9.17, 15) is 10.2 Å². The van der Waals surface area contributed by atoms with Gasteiger partial charge in [0.1, 0.15) is 0 Å². The van der Waals surface area contributed by atoms with E-state index >= 15 is 0 Å². The van der Waals surface area contributed by atoms with Gasteiger partial charge in [-0.2, -0.15) is 0 Å². The number of piperidine rings is 2. The minimum absolute atomic E-state index is 0.237. The third kappa shape index (κ3) is 4.42. The van der Waals surface area contributed by atoms with Gasteiger partial charge in [0.2, 0.25) is 0 Å². The maximum absolute atomic E-state index is 9.68. The van der Waals surface area contributed by atoms with Crippen LogP contribution in [0.2, 0.25) is 0 Å². The van der Waals surface area contributed by atoms with Crippen molar-refractivity contribution in [2.24, 2.45) is 11.8 Å². The van der Waals surface area contributed by atoms with Gasteiger partial charge in [-0.05, 0) is 57.0 Å². The maximum atomic E-state index is 9.68. The highest BCUT2D eigenvalue weighted by Crippen LogP contribution is 2.26. The first kappa shape index (κ1) is 15.2. The average Bonchev–Trinajstić information content (AvgIpc) is 2.50. The summed E-state index contributed by atoms with van der Waals surface area (Å²) in [5.41, 5.74) is 0. The molecule has 0 aromatic heterocycles. The van der Waals surface area contributed by atoms with E-state index in [1.165, 1.54) is 38.5 Å². The first-order chi connectivity index (χ1) is 9.35. The fourth-order valence-electron chi connectivity index (χ4n) is 3.68. The lowest BCUT2D eigenvalue weighted by atomic mass is 9.81. The average molecular weight is 270 g/mol. The molecule has 0 unspecified atom stereocenters. The Balaban J connectivity index is 1.86. The zero-order chi connectivity index (χ0) is 13.5. The standard InChI is InChI=1S/C15H30N2O2/c18-10-12(14-5-1-3-7-16-14)9-13(11-19)15-6-2-4-8-17-15/h12-19H,1-11H2/t12-,13-,14-,15+/m0/s1. The van der Waals surface area contributed by atoms with Gasteiger partial charge in [-0.25, -0.2) is 0 Å². The summed E-state index contributed by atoms with van der Waals surface area (Å²) in [6.45, 7) is 2.63. The summed E-state index contributed by atoms with van der Waals surface area (Å²) in [6, 6.07) is 0.882. The second-order valence-corrected chi connectivity index (χ2v) is 6.23. The van der Waals surface area contributed by atoms with Gasteiger partial charge >= 0.3 is 0 Å². The largest absolute Gasteiger partial charge is 0.396 e. The third-order valence-corrected chi connectivity index (χ3v) is 4.91. The van der Waals surface area contributed by atoms with Crippen molar-refractivity contribution in [3.8, 4) is 0 Å². The lowest BCUT2D eigenvalue weighted by Crippen LogP contribution is -2.46. The van der Waals surface area contributed by atoms with Crippen LogP contribution in [0.5, 0.6) is 0 Å². The van der Waals surface area contributed by atoms with Crippen molar-refractivity contribution in [2.45, 2.75) is 57.0 Å². The van der Waals surface area contributed by atoms with Crippen molar-refractivity contribution >= 4 is 0 Å². The summed E-state index contributed by atoms with van der Waals surface area (Å²) < 4.78 is 0. The van der Waals surface area contributed by atoms with E-state index in [-0.39, 0.29) is 13.2 Å². The van der Waals surface area contributed by atoms with Crippen molar-refractivity contribution in [3.05, 3.63) is 0 Å². The molecule has 2 rings (SSSR count). The second kappa shape index (κ2) is 8.20. The molecule has 2 saturated heterocycles. The normalized spacial score (nSPS) is 31.9. The van der Waals surface area contributed by atoms with E-state index in [1.807, 2.05) is 0 Å². The molecule has 0 aromatic rings. The molecule has 0 amide bonds. The lowest BCUT2D eigenvalue weighted by molar-refractivity contribution is 0.102. The van der Waals surface area contributed by atoms with Crippen LogP contribution in [-0.2, 0) is 0 Å². The number of hydrogen-bond acceptors (Lipinski definition) is 4. The highest BCUT2D eigenvalue weighted by atomic mass is 16.3. The number of nitrogens with one attached hydrogen (secondary N) is 2. The first-order valence-electron chi connectivity index (χ1n) is 8.03. The molecule has 19 heavy (non-hydrogen) atoms. The number of hydrogen-bond donors (Lipinski definition) is 4. The molecule has 0 radical (unpaired) electrons. The molecule has 2 heterocycles. The first-order valence-corrected chi connectivity index (χ1v) is 8.03. The molecule has 4 N–H and O–H groups in total. The number of rotatable bonds is 6. The van der Waals surface area contributed by atoms with Crippen LogP contribution >= 0.6 is 0 Å². The molecular weight excluding hydrogens is 240 g/mol. The van der Waals surface area contributed by atoms with Crippen LogP contribution in [0.15, 0.2) is 0 Å². The molecule has 2 aliphatic rings. The quantitative estimate of drug-likeness (QED) is 0.578.